The summed E-state index contributed by atoms with van der Waals surface area (Å²) >= 11 is 1.45. The van der Waals surface area contributed by atoms with Crippen LogP contribution in [-0.2, 0) is 0 Å². The normalized spacial score (nSPS) is 18.3. The van der Waals surface area contributed by atoms with Crippen molar-refractivity contribution in [2.24, 2.45) is 0 Å². The molecule has 2 aliphatic carbocycles. The number of hydrogen-bond acceptors (Lipinski definition) is 3. The van der Waals surface area contributed by atoms with Crippen molar-refractivity contribution >= 4 is 17.2 Å². The molecular formula is C18H19FN2OS. The van der Waals surface area contributed by atoms with Gasteiger partial charge in [0.2, 0.25) is 0 Å². The lowest BCUT2D eigenvalue weighted by Gasteiger charge is -2.28. The minimum atomic E-state index is -0.261. The quantitative estimate of drug-likeness (QED) is 0.827. The average Bonchev–Trinajstić information content (AvgIpc) is 3.04. The van der Waals surface area contributed by atoms with E-state index < -0.39 is 0 Å². The summed E-state index contributed by atoms with van der Waals surface area (Å²) in [5, 5.41) is 2.61. The Morgan fingerprint density at radius 1 is 1.09 bits per heavy atom. The van der Waals surface area contributed by atoms with Crippen molar-refractivity contribution in [2.75, 3.05) is 0 Å². The maximum atomic E-state index is 13.0. The summed E-state index contributed by atoms with van der Waals surface area (Å²) in [5.41, 5.74) is 1.39. The number of amides is 1. The molecule has 1 heterocycles. The molecule has 2 aliphatic rings. The summed E-state index contributed by atoms with van der Waals surface area (Å²) in [4.78, 5) is 19.5. The Labute approximate surface area is 139 Å². The zero-order valence-corrected chi connectivity index (χ0v) is 13.7. The van der Waals surface area contributed by atoms with E-state index in [1.807, 2.05) is 5.38 Å². The summed E-state index contributed by atoms with van der Waals surface area (Å²) in [6.45, 7) is 0. The fraction of sp³-hybridized carbons (Fsp3) is 0.444. The molecule has 2 saturated carbocycles. The van der Waals surface area contributed by atoms with E-state index in [1.54, 1.807) is 12.1 Å². The first-order valence-corrected chi connectivity index (χ1v) is 9.14. The van der Waals surface area contributed by atoms with E-state index in [-0.39, 0.29) is 11.7 Å². The SMILES string of the molecule is O=C(c1csc(-c2ccc(F)cc2)n1)N(C1CCCC1)C1CC1. The predicted molar refractivity (Wildman–Crippen MR) is 89.0 cm³/mol. The Morgan fingerprint density at radius 2 is 1.74 bits per heavy atom. The summed E-state index contributed by atoms with van der Waals surface area (Å²) in [6, 6.07) is 7.07. The molecule has 0 bridgehead atoms. The first kappa shape index (κ1) is 14.8. The molecule has 0 radical (unpaired) electrons. The van der Waals surface area contributed by atoms with E-state index in [1.165, 1.54) is 36.3 Å². The second kappa shape index (κ2) is 6.04. The van der Waals surface area contributed by atoms with Gasteiger partial charge in [0.1, 0.15) is 16.5 Å². The third-order valence-electron chi connectivity index (χ3n) is 4.71. The van der Waals surface area contributed by atoms with E-state index in [4.69, 9.17) is 0 Å². The van der Waals surface area contributed by atoms with Crippen LogP contribution in [-0.4, -0.2) is 27.9 Å². The molecule has 0 aliphatic heterocycles. The molecule has 3 nitrogen and oxygen atoms in total. The standard InChI is InChI=1S/C18H19FN2OS/c19-13-7-5-12(6-8-13)17-20-16(11-23-17)18(22)21(15-9-10-15)14-3-1-2-4-14/h5-8,11,14-15H,1-4,9-10H2. The summed E-state index contributed by atoms with van der Waals surface area (Å²) in [5.74, 6) is -0.188. The van der Waals surface area contributed by atoms with Gasteiger partial charge in [-0.05, 0) is 49.9 Å². The van der Waals surface area contributed by atoms with Gasteiger partial charge in [0, 0.05) is 23.0 Å². The Morgan fingerprint density at radius 3 is 2.39 bits per heavy atom. The number of rotatable bonds is 4. The van der Waals surface area contributed by atoms with Gasteiger partial charge in [0.05, 0.1) is 0 Å². The fourth-order valence-electron chi connectivity index (χ4n) is 3.39. The highest BCUT2D eigenvalue weighted by Gasteiger charge is 2.39. The van der Waals surface area contributed by atoms with Crippen LogP contribution in [0.3, 0.4) is 0 Å². The Kier molecular flexibility index (Phi) is 3.89. The van der Waals surface area contributed by atoms with Crippen LogP contribution in [0.2, 0.25) is 0 Å². The number of aromatic nitrogens is 1. The minimum Gasteiger partial charge on any atom is -0.331 e. The van der Waals surface area contributed by atoms with Gasteiger partial charge in [-0.15, -0.1) is 11.3 Å². The molecular weight excluding hydrogens is 311 g/mol. The lowest BCUT2D eigenvalue weighted by molar-refractivity contribution is 0.0659. The maximum Gasteiger partial charge on any atom is 0.273 e. The van der Waals surface area contributed by atoms with E-state index in [0.717, 1.165) is 36.3 Å². The molecule has 0 saturated heterocycles. The molecule has 1 amide bonds. The van der Waals surface area contributed by atoms with Crippen LogP contribution in [0.1, 0.15) is 49.0 Å². The molecule has 0 unspecified atom stereocenters. The number of halogens is 1. The average molecular weight is 330 g/mol. The molecule has 1 aromatic carbocycles. The van der Waals surface area contributed by atoms with E-state index in [0.29, 0.717) is 17.8 Å². The Balaban J connectivity index is 1.57. The highest BCUT2D eigenvalue weighted by Crippen LogP contribution is 2.36. The highest BCUT2D eigenvalue weighted by atomic mass is 32.1. The van der Waals surface area contributed by atoms with Crippen LogP contribution in [0.5, 0.6) is 0 Å². The van der Waals surface area contributed by atoms with Crippen molar-refractivity contribution in [3.8, 4) is 10.6 Å². The number of carbonyl (C=O) groups excluding carboxylic acids is 1. The van der Waals surface area contributed by atoms with Crippen molar-refractivity contribution < 1.29 is 9.18 Å². The van der Waals surface area contributed by atoms with Crippen LogP contribution >= 0.6 is 11.3 Å². The first-order valence-electron chi connectivity index (χ1n) is 8.26. The second-order valence-corrected chi connectivity index (χ2v) is 7.28. The van der Waals surface area contributed by atoms with Gasteiger partial charge in [-0.2, -0.15) is 0 Å². The van der Waals surface area contributed by atoms with Crippen LogP contribution in [0.25, 0.3) is 10.6 Å². The van der Waals surface area contributed by atoms with Crippen molar-refractivity contribution in [3.63, 3.8) is 0 Å². The highest BCUT2D eigenvalue weighted by molar-refractivity contribution is 7.13. The molecule has 23 heavy (non-hydrogen) atoms. The molecule has 4 rings (SSSR count). The fourth-order valence-corrected chi connectivity index (χ4v) is 4.19. The van der Waals surface area contributed by atoms with E-state index >= 15 is 0 Å². The lowest BCUT2D eigenvalue weighted by Crippen LogP contribution is -2.40. The maximum absolute atomic E-state index is 13.0. The van der Waals surface area contributed by atoms with Crippen molar-refractivity contribution in [2.45, 2.75) is 50.6 Å². The predicted octanol–water partition coefficient (Wildman–Crippen LogP) is 4.50. The molecule has 1 aromatic heterocycles. The van der Waals surface area contributed by atoms with Gasteiger partial charge in [-0.1, -0.05) is 12.8 Å². The van der Waals surface area contributed by atoms with Crippen LogP contribution in [0.4, 0.5) is 4.39 Å². The number of nitrogens with zero attached hydrogens (tertiary/aromatic N) is 2. The largest absolute Gasteiger partial charge is 0.331 e. The van der Waals surface area contributed by atoms with Gasteiger partial charge >= 0.3 is 0 Å². The van der Waals surface area contributed by atoms with Gasteiger partial charge < -0.3 is 4.90 Å². The summed E-state index contributed by atoms with van der Waals surface area (Å²) < 4.78 is 13.0. The van der Waals surface area contributed by atoms with Crippen molar-refractivity contribution in [1.82, 2.24) is 9.88 Å². The monoisotopic (exact) mass is 330 g/mol. The molecule has 0 N–H and O–H groups in total. The molecule has 0 atom stereocenters. The van der Waals surface area contributed by atoms with E-state index in [2.05, 4.69) is 9.88 Å². The third kappa shape index (κ3) is 3.02. The second-order valence-electron chi connectivity index (χ2n) is 6.43. The van der Waals surface area contributed by atoms with Gasteiger partial charge in [-0.3, -0.25) is 4.79 Å². The van der Waals surface area contributed by atoms with Crippen LogP contribution in [0.15, 0.2) is 29.6 Å². The summed E-state index contributed by atoms with van der Waals surface area (Å²) in [6.07, 6.45) is 6.93. The van der Waals surface area contributed by atoms with Gasteiger partial charge in [0.15, 0.2) is 0 Å². The van der Waals surface area contributed by atoms with Crippen molar-refractivity contribution in [3.05, 3.63) is 41.2 Å². The molecule has 2 fully saturated rings. The lowest BCUT2D eigenvalue weighted by atomic mass is 10.2. The minimum absolute atomic E-state index is 0.0732. The summed E-state index contributed by atoms with van der Waals surface area (Å²) in [7, 11) is 0. The number of thiazole rings is 1. The first-order chi connectivity index (χ1) is 11.2. The molecule has 120 valence electrons. The Bertz CT molecular complexity index is 702. The molecule has 2 aromatic rings. The van der Waals surface area contributed by atoms with Gasteiger partial charge in [0.25, 0.3) is 5.91 Å². The zero-order chi connectivity index (χ0) is 15.8. The van der Waals surface area contributed by atoms with Gasteiger partial charge in [-0.25, -0.2) is 9.37 Å². The van der Waals surface area contributed by atoms with E-state index in [9.17, 15) is 9.18 Å². The van der Waals surface area contributed by atoms with Crippen LogP contribution in [0, 0.1) is 5.82 Å². The van der Waals surface area contributed by atoms with Crippen LogP contribution < -0.4 is 0 Å². The number of carbonyl (C=O) groups is 1. The topological polar surface area (TPSA) is 33.2 Å². The number of hydrogen-bond donors (Lipinski definition) is 0. The Hall–Kier alpha value is -1.75. The van der Waals surface area contributed by atoms with Crippen molar-refractivity contribution in [1.29, 1.82) is 0 Å². The number of benzene rings is 1. The third-order valence-corrected chi connectivity index (χ3v) is 5.60. The molecule has 0 spiro atoms. The zero-order valence-electron chi connectivity index (χ0n) is 12.9. The smallest absolute Gasteiger partial charge is 0.273 e. The molecule has 5 heteroatoms.